The summed E-state index contributed by atoms with van der Waals surface area (Å²) in [6.07, 6.45) is 2.04. The normalized spacial score (nSPS) is 33.8. The summed E-state index contributed by atoms with van der Waals surface area (Å²) in [4.78, 5) is 11.2. The minimum atomic E-state index is -0.278. The Balaban J connectivity index is 2.14. The molecule has 0 aliphatic carbocycles. The SMILES string of the molecule is NC1C(=O)NCC12CCNCC2. The molecule has 0 saturated carbocycles. The van der Waals surface area contributed by atoms with E-state index < -0.39 is 0 Å². The monoisotopic (exact) mass is 169 g/mol. The summed E-state index contributed by atoms with van der Waals surface area (Å²) in [6, 6.07) is -0.278. The first kappa shape index (κ1) is 8.01. The smallest absolute Gasteiger partial charge is 0.237 e. The summed E-state index contributed by atoms with van der Waals surface area (Å²) in [6.45, 7) is 2.75. The molecule has 0 aromatic heterocycles. The average Bonchev–Trinajstić information content (AvgIpc) is 2.37. The molecule has 4 N–H and O–H groups in total. The van der Waals surface area contributed by atoms with Crippen LogP contribution < -0.4 is 16.4 Å². The number of hydrogen-bond donors (Lipinski definition) is 3. The number of carbonyl (C=O) groups excluding carboxylic acids is 1. The quantitative estimate of drug-likeness (QED) is 0.427. The van der Waals surface area contributed by atoms with Gasteiger partial charge in [0.25, 0.3) is 0 Å². The van der Waals surface area contributed by atoms with E-state index in [1.54, 1.807) is 0 Å². The number of rotatable bonds is 0. The molecule has 2 fully saturated rings. The highest BCUT2D eigenvalue weighted by Gasteiger charge is 2.46. The third-order valence-corrected chi connectivity index (χ3v) is 3.16. The van der Waals surface area contributed by atoms with Gasteiger partial charge in [-0.15, -0.1) is 0 Å². The first-order valence-corrected chi connectivity index (χ1v) is 4.49. The zero-order valence-electron chi connectivity index (χ0n) is 7.10. The van der Waals surface area contributed by atoms with E-state index in [2.05, 4.69) is 10.6 Å². The molecule has 0 bridgehead atoms. The Morgan fingerprint density at radius 3 is 2.58 bits per heavy atom. The molecule has 2 aliphatic rings. The molecule has 2 heterocycles. The standard InChI is InChI=1S/C8H15N3O/c9-6-7(12)11-5-8(6)1-3-10-4-2-8/h6,10H,1-5,9H2,(H,11,12). The van der Waals surface area contributed by atoms with Gasteiger partial charge in [-0.05, 0) is 25.9 Å². The van der Waals surface area contributed by atoms with E-state index in [0.717, 1.165) is 32.5 Å². The summed E-state index contributed by atoms with van der Waals surface area (Å²) in [5.41, 5.74) is 5.91. The predicted octanol–water partition coefficient (Wildman–Crippen LogP) is -1.19. The number of nitrogens with one attached hydrogen (secondary N) is 2. The van der Waals surface area contributed by atoms with Gasteiger partial charge in [-0.25, -0.2) is 0 Å². The van der Waals surface area contributed by atoms with Crippen molar-refractivity contribution in [2.24, 2.45) is 11.1 Å². The number of carbonyl (C=O) groups is 1. The van der Waals surface area contributed by atoms with E-state index in [1.165, 1.54) is 0 Å². The van der Waals surface area contributed by atoms with Gasteiger partial charge < -0.3 is 16.4 Å². The Morgan fingerprint density at radius 2 is 2.08 bits per heavy atom. The van der Waals surface area contributed by atoms with Crippen LogP contribution in [0.1, 0.15) is 12.8 Å². The fraction of sp³-hybridized carbons (Fsp3) is 0.875. The molecule has 2 aliphatic heterocycles. The minimum absolute atomic E-state index is 0.0249. The lowest BCUT2D eigenvalue weighted by Crippen LogP contribution is -2.48. The summed E-state index contributed by atoms with van der Waals surface area (Å²) in [5, 5.41) is 6.11. The second kappa shape index (κ2) is 2.71. The van der Waals surface area contributed by atoms with Gasteiger partial charge in [-0.3, -0.25) is 4.79 Å². The lowest BCUT2D eigenvalue weighted by molar-refractivity contribution is -0.121. The van der Waals surface area contributed by atoms with Crippen LogP contribution in [-0.4, -0.2) is 31.6 Å². The van der Waals surface area contributed by atoms with Crippen molar-refractivity contribution < 1.29 is 4.79 Å². The van der Waals surface area contributed by atoms with Crippen LogP contribution in [0.3, 0.4) is 0 Å². The van der Waals surface area contributed by atoms with Crippen molar-refractivity contribution >= 4 is 5.91 Å². The summed E-state index contributed by atoms with van der Waals surface area (Å²) in [5.74, 6) is 0.0249. The van der Waals surface area contributed by atoms with E-state index in [9.17, 15) is 4.79 Å². The topological polar surface area (TPSA) is 67.2 Å². The van der Waals surface area contributed by atoms with Gasteiger partial charge in [0.05, 0.1) is 6.04 Å². The Labute approximate surface area is 71.9 Å². The largest absolute Gasteiger partial charge is 0.354 e. The van der Waals surface area contributed by atoms with Crippen LogP contribution in [-0.2, 0) is 4.79 Å². The van der Waals surface area contributed by atoms with Crippen molar-refractivity contribution in [1.82, 2.24) is 10.6 Å². The van der Waals surface area contributed by atoms with Gasteiger partial charge >= 0.3 is 0 Å². The van der Waals surface area contributed by atoms with Crippen LogP contribution in [0.4, 0.5) is 0 Å². The van der Waals surface area contributed by atoms with Crippen LogP contribution in [0.5, 0.6) is 0 Å². The van der Waals surface area contributed by atoms with Gasteiger partial charge in [0.1, 0.15) is 0 Å². The molecule has 0 radical (unpaired) electrons. The fourth-order valence-corrected chi connectivity index (χ4v) is 2.17. The fourth-order valence-electron chi connectivity index (χ4n) is 2.17. The maximum absolute atomic E-state index is 11.2. The van der Waals surface area contributed by atoms with Crippen LogP contribution in [0.15, 0.2) is 0 Å². The highest BCUT2D eigenvalue weighted by atomic mass is 16.2. The van der Waals surface area contributed by atoms with Crippen molar-refractivity contribution in [3.63, 3.8) is 0 Å². The van der Waals surface area contributed by atoms with E-state index in [-0.39, 0.29) is 17.4 Å². The van der Waals surface area contributed by atoms with E-state index in [0.29, 0.717) is 0 Å². The van der Waals surface area contributed by atoms with Gasteiger partial charge in [0.15, 0.2) is 0 Å². The molecule has 1 amide bonds. The molecule has 0 aromatic carbocycles. The lowest BCUT2D eigenvalue weighted by Gasteiger charge is -2.35. The van der Waals surface area contributed by atoms with E-state index in [1.807, 2.05) is 0 Å². The van der Waals surface area contributed by atoms with Crippen LogP contribution >= 0.6 is 0 Å². The molecule has 1 unspecified atom stereocenters. The third-order valence-electron chi connectivity index (χ3n) is 3.16. The van der Waals surface area contributed by atoms with E-state index >= 15 is 0 Å². The second-order valence-corrected chi connectivity index (χ2v) is 3.81. The Bertz CT molecular complexity index is 198. The first-order valence-electron chi connectivity index (χ1n) is 4.49. The van der Waals surface area contributed by atoms with Gasteiger partial charge in [0.2, 0.25) is 5.91 Å². The molecular formula is C8H15N3O. The Hall–Kier alpha value is -0.610. The molecule has 0 aromatic rings. The molecule has 4 heteroatoms. The number of piperidine rings is 1. The molecule has 1 atom stereocenters. The minimum Gasteiger partial charge on any atom is -0.354 e. The lowest BCUT2D eigenvalue weighted by atomic mass is 9.75. The zero-order valence-corrected chi connectivity index (χ0v) is 7.10. The zero-order chi connectivity index (χ0) is 8.60. The Morgan fingerprint density at radius 1 is 1.42 bits per heavy atom. The first-order chi connectivity index (χ1) is 5.75. The maximum atomic E-state index is 11.2. The van der Waals surface area contributed by atoms with Gasteiger partial charge in [0, 0.05) is 12.0 Å². The Kier molecular flexibility index (Phi) is 1.81. The van der Waals surface area contributed by atoms with Crippen molar-refractivity contribution in [3.8, 4) is 0 Å². The second-order valence-electron chi connectivity index (χ2n) is 3.81. The molecular weight excluding hydrogens is 154 g/mol. The average molecular weight is 169 g/mol. The molecule has 2 saturated heterocycles. The summed E-state index contributed by atoms with van der Waals surface area (Å²) >= 11 is 0. The highest BCUT2D eigenvalue weighted by Crippen LogP contribution is 2.34. The molecule has 12 heavy (non-hydrogen) atoms. The van der Waals surface area contributed by atoms with Crippen molar-refractivity contribution in [2.75, 3.05) is 19.6 Å². The van der Waals surface area contributed by atoms with Crippen LogP contribution in [0.25, 0.3) is 0 Å². The molecule has 68 valence electrons. The highest BCUT2D eigenvalue weighted by molar-refractivity contribution is 5.85. The van der Waals surface area contributed by atoms with Crippen LogP contribution in [0.2, 0.25) is 0 Å². The van der Waals surface area contributed by atoms with Crippen molar-refractivity contribution in [1.29, 1.82) is 0 Å². The molecule has 1 spiro atoms. The summed E-state index contributed by atoms with van der Waals surface area (Å²) in [7, 11) is 0. The van der Waals surface area contributed by atoms with Crippen LogP contribution in [0, 0.1) is 5.41 Å². The summed E-state index contributed by atoms with van der Waals surface area (Å²) < 4.78 is 0. The third kappa shape index (κ3) is 1.03. The molecule has 2 rings (SSSR count). The van der Waals surface area contributed by atoms with E-state index in [4.69, 9.17) is 5.73 Å². The molecule has 4 nitrogen and oxygen atoms in total. The van der Waals surface area contributed by atoms with Gasteiger partial charge in [-0.1, -0.05) is 0 Å². The number of amides is 1. The van der Waals surface area contributed by atoms with Crippen molar-refractivity contribution in [2.45, 2.75) is 18.9 Å². The number of hydrogen-bond acceptors (Lipinski definition) is 3. The van der Waals surface area contributed by atoms with Gasteiger partial charge in [-0.2, -0.15) is 0 Å². The number of nitrogens with two attached hydrogens (primary N) is 1. The predicted molar refractivity (Wildman–Crippen MR) is 45.5 cm³/mol. The van der Waals surface area contributed by atoms with Crippen molar-refractivity contribution in [3.05, 3.63) is 0 Å². The maximum Gasteiger partial charge on any atom is 0.237 e.